The lowest BCUT2D eigenvalue weighted by Crippen LogP contribution is -2.67. The van der Waals surface area contributed by atoms with Crippen LogP contribution in [0.15, 0.2) is 54.9 Å². The standard InChI is InChI=1S/C18H16ClN5/c19-18-6-5-16-17(24-18)7-13(11-23-16)14(8-20)10-22-9-12-1-3-15(21)4-2-12/h1-8,10-11H,9,20-21H2/p+1. The first kappa shape index (κ1) is 16.0. The molecule has 120 valence electrons. The number of halogens is 1. The number of hydrogen-bond donors (Lipinski definition) is 3. The van der Waals surface area contributed by atoms with Crippen molar-refractivity contribution in [2.45, 2.75) is 6.54 Å². The zero-order chi connectivity index (χ0) is 16.9. The summed E-state index contributed by atoms with van der Waals surface area (Å²) in [5, 5.41) is 0.435. The Balaban J connectivity index is 1.81. The average Bonchev–Trinajstić information content (AvgIpc) is 2.59. The number of hydrogen-bond acceptors (Lipinski definition) is 4. The quantitative estimate of drug-likeness (QED) is 0.382. The molecule has 0 radical (unpaired) electrons. The number of nitrogens with one attached hydrogen (secondary N) is 1. The van der Waals surface area contributed by atoms with Crippen molar-refractivity contribution in [2.24, 2.45) is 5.73 Å². The summed E-state index contributed by atoms with van der Waals surface area (Å²) < 4.78 is 0. The fourth-order valence-electron chi connectivity index (χ4n) is 2.28. The molecule has 0 saturated heterocycles. The van der Waals surface area contributed by atoms with Crippen LogP contribution >= 0.6 is 11.6 Å². The molecule has 2 heterocycles. The van der Waals surface area contributed by atoms with E-state index < -0.39 is 0 Å². The van der Waals surface area contributed by atoms with Crippen molar-refractivity contribution in [2.75, 3.05) is 5.73 Å². The van der Waals surface area contributed by atoms with Gasteiger partial charge >= 0.3 is 0 Å². The Labute approximate surface area is 144 Å². The van der Waals surface area contributed by atoms with Gasteiger partial charge in [-0.25, -0.2) is 9.98 Å². The molecule has 3 aromatic rings. The first-order chi connectivity index (χ1) is 11.7. The van der Waals surface area contributed by atoms with Crippen LogP contribution in [0.4, 0.5) is 5.69 Å². The monoisotopic (exact) mass is 338 g/mol. The second kappa shape index (κ2) is 7.10. The Bertz CT molecular complexity index is 916. The molecule has 2 aromatic heterocycles. The molecule has 0 atom stereocenters. The van der Waals surface area contributed by atoms with E-state index in [4.69, 9.17) is 23.1 Å². The lowest BCUT2D eigenvalue weighted by Gasteiger charge is -2.02. The summed E-state index contributed by atoms with van der Waals surface area (Å²) in [6, 6.07) is 13.2. The van der Waals surface area contributed by atoms with Crippen LogP contribution < -0.4 is 16.5 Å². The van der Waals surface area contributed by atoms with Crippen LogP contribution in [0.2, 0.25) is 5.15 Å². The minimum atomic E-state index is 0.435. The number of rotatable bonds is 4. The Morgan fingerprint density at radius 3 is 2.67 bits per heavy atom. The van der Waals surface area contributed by atoms with Crippen molar-refractivity contribution >= 4 is 40.1 Å². The highest BCUT2D eigenvalue weighted by Gasteiger charge is 2.06. The van der Waals surface area contributed by atoms with Crippen LogP contribution in [-0.4, -0.2) is 16.2 Å². The first-order valence-electron chi connectivity index (χ1n) is 7.41. The fraction of sp³-hybridized carbons (Fsp3) is 0.0556. The predicted octanol–water partition coefficient (Wildman–Crippen LogP) is 1.52. The van der Waals surface area contributed by atoms with Crippen molar-refractivity contribution in [1.29, 1.82) is 0 Å². The molecule has 5 nitrogen and oxygen atoms in total. The Morgan fingerprint density at radius 2 is 1.92 bits per heavy atom. The van der Waals surface area contributed by atoms with E-state index in [1.165, 1.54) is 6.20 Å². The molecule has 0 aliphatic rings. The minimum Gasteiger partial charge on any atom is -0.404 e. The molecule has 0 saturated carbocycles. The molecule has 5 N–H and O–H groups in total. The summed E-state index contributed by atoms with van der Waals surface area (Å²) in [4.78, 5) is 11.9. The third-order valence-corrected chi connectivity index (χ3v) is 3.77. The Kier molecular flexibility index (Phi) is 4.72. The maximum absolute atomic E-state index is 5.94. The van der Waals surface area contributed by atoms with Gasteiger partial charge in [0.2, 0.25) is 0 Å². The first-order valence-corrected chi connectivity index (χ1v) is 7.79. The Hall–Kier alpha value is -2.92. The van der Waals surface area contributed by atoms with Gasteiger partial charge in [-0.15, -0.1) is 0 Å². The molecular weight excluding hydrogens is 322 g/mol. The van der Waals surface area contributed by atoms with E-state index in [0.717, 1.165) is 33.4 Å². The number of nitrogens with zero attached hydrogens (tertiary/aromatic N) is 2. The number of pyridine rings is 2. The topological polar surface area (TPSA) is 91.8 Å². The van der Waals surface area contributed by atoms with Gasteiger partial charge in [0.05, 0.1) is 16.6 Å². The number of nitrogens with two attached hydrogens (primary N) is 2. The van der Waals surface area contributed by atoms with E-state index in [2.05, 4.69) is 15.0 Å². The molecule has 0 fully saturated rings. The van der Waals surface area contributed by atoms with Crippen molar-refractivity contribution in [3.63, 3.8) is 0 Å². The van der Waals surface area contributed by atoms with Crippen molar-refractivity contribution in [1.82, 2.24) is 9.97 Å². The van der Waals surface area contributed by atoms with Crippen molar-refractivity contribution < 1.29 is 4.99 Å². The molecule has 0 spiro atoms. The van der Waals surface area contributed by atoms with Gasteiger partial charge in [-0.2, -0.15) is 0 Å². The summed E-state index contributed by atoms with van der Waals surface area (Å²) in [7, 11) is 0. The number of aromatic nitrogens is 2. The Morgan fingerprint density at radius 1 is 1.12 bits per heavy atom. The van der Waals surface area contributed by atoms with Gasteiger partial charge in [-0.3, -0.25) is 4.98 Å². The van der Waals surface area contributed by atoms with Crippen LogP contribution in [-0.2, 0) is 6.54 Å². The number of nitrogen functional groups attached to an aromatic ring is 1. The number of fused-ring (bicyclic) bond motifs is 1. The molecule has 1 aromatic carbocycles. The summed E-state index contributed by atoms with van der Waals surface area (Å²) in [6.45, 7) is 0.669. The summed E-state index contributed by atoms with van der Waals surface area (Å²) in [5.74, 6) is 0. The molecule has 6 heteroatoms. The molecule has 0 bridgehead atoms. The third-order valence-electron chi connectivity index (χ3n) is 3.56. The normalized spacial score (nSPS) is 12.1. The molecule has 0 aliphatic carbocycles. The average molecular weight is 339 g/mol. The van der Waals surface area contributed by atoms with Gasteiger partial charge in [0.15, 0.2) is 12.8 Å². The number of allylic oxidation sites excluding steroid dienone is 1. The highest BCUT2D eigenvalue weighted by molar-refractivity contribution is 6.29. The summed E-state index contributed by atoms with van der Waals surface area (Å²) in [5.41, 5.74) is 16.5. The molecule has 0 aliphatic heterocycles. The zero-order valence-corrected chi connectivity index (χ0v) is 13.7. The highest BCUT2D eigenvalue weighted by atomic mass is 35.5. The van der Waals surface area contributed by atoms with Gasteiger partial charge in [0.1, 0.15) is 5.15 Å². The third kappa shape index (κ3) is 3.70. The second-order valence-corrected chi connectivity index (χ2v) is 5.67. The van der Waals surface area contributed by atoms with E-state index >= 15 is 0 Å². The van der Waals surface area contributed by atoms with E-state index in [-0.39, 0.29) is 0 Å². The van der Waals surface area contributed by atoms with E-state index in [1.54, 1.807) is 12.3 Å². The minimum absolute atomic E-state index is 0.435. The number of anilines is 1. The van der Waals surface area contributed by atoms with Crippen molar-refractivity contribution in [3.8, 4) is 0 Å². The van der Waals surface area contributed by atoms with Crippen LogP contribution in [0, 0.1) is 0 Å². The van der Waals surface area contributed by atoms with E-state index in [0.29, 0.717) is 11.7 Å². The second-order valence-electron chi connectivity index (χ2n) is 5.29. The number of benzene rings is 1. The van der Waals surface area contributed by atoms with E-state index in [1.807, 2.05) is 42.6 Å². The molecular formula is C18H17ClN5+. The van der Waals surface area contributed by atoms with Crippen LogP contribution in [0.3, 0.4) is 0 Å². The summed E-state index contributed by atoms with van der Waals surface area (Å²) >= 11 is 5.94. The van der Waals surface area contributed by atoms with Crippen molar-refractivity contribution in [3.05, 3.63) is 71.1 Å². The van der Waals surface area contributed by atoms with Gasteiger partial charge in [-0.05, 0) is 30.3 Å². The van der Waals surface area contributed by atoms with Gasteiger partial charge in [0, 0.05) is 29.2 Å². The fourth-order valence-corrected chi connectivity index (χ4v) is 2.44. The predicted molar refractivity (Wildman–Crippen MR) is 98.3 cm³/mol. The van der Waals surface area contributed by atoms with Gasteiger partial charge in [0.25, 0.3) is 0 Å². The van der Waals surface area contributed by atoms with Gasteiger partial charge < -0.3 is 11.5 Å². The molecule has 24 heavy (non-hydrogen) atoms. The van der Waals surface area contributed by atoms with E-state index in [9.17, 15) is 0 Å². The molecule has 0 unspecified atom stereocenters. The smallest absolute Gasteiger partial charge is 0.171 e. The van der Waals surface area contributed by atoms with Crippen LogP contribution in [0.25, 0.3) is 16.6 Å². The SMILES string of the molecule is NC=C(C=[NH+]Cc1ccc(N)cc1)c1cnc2ccc(Cl)nc2c1. The molecule has 3 rings (SSSR count). The maximum Gasteiger partial charge on any atom is 0.171 e. The molecule has 0 amide bonds. The van der Waals surface area contributed by atoms with Gasteiger partial charge in [-0.1, -0.05) is 23.7 Å². The largest absolute Gasteiger partial charge is 0.404 e. The zero-order valence-electron chi connectivity index (χ0n) is 12.9. The lowest BCUT2D eigenvalue weighted by molar-refractivity contribution is -0.468. The maximum atomic E-state index is 5.94. The summed E-state index contributed by atoms with van der Waals surface area (Å²) in [6.07, 6.45) is 5.14. The van der Waals surface area contributed by atoms with Crippen LogP contribution in [0.1, 0.15) is 11.1 Å². The lowest BCUT2D eigenvalue weighted by atomic mass is 10.1. The highest BCUT2D eigenvalue weighted by Crippen LogP contribution is 2.17. The van der Waals surface area contributed by atoms with Crippen LogP contribution in [0.5, 0.6) is 0 Å².